The van der Waals surface area contributed by atoms with Gasteiger partial charge >= 0.3 is 0 Å². The molecule has 1 unspecified atom stereocenters. The molecule has 17 heavy (non-hydrogen) atoms. The van der Waals surface area contributed by atoms with Crippen molar-refractivity contribution in [1.82, 2.24) is 10.2 Å². The highest BCUT2D eigenvalue weighted by molar-refractivity contribution is 7.07. The Kier molecular flexibility index (Phi) is 3.16. The van der Waals surface area contributed by atoms with Crippen molar-refractivity contribution in [2.24, 2.45) is 5.92 Å². The molecule has 1 atom stereocenters. The molecule has 1 amide bonds. The third kappa shape index (κ3) is 2.87. The second-order valence-electron chi connectivity index (χ2n) is 5.14. The van der Waals surface area contributed by atoms with Gasteiger partial charge in [-0.1, -0.05) is 0 Å². The van der Waals surface area contributed by atoms with E-state index in [4.69, 9.17) is 0 Å². The number of rotatable bonds is 4. The monoisotopic (exact) mass is 250 g/mol. The molecule has 2 fully saturated rings. The van der Waals surface area contributed by atoms with Gasteiger partial charge in [0.15, 0.2) is 0 Å². The number of amides is 1. The minimum absolute atomic E-state index is 0.285. The fraction of sp³-hybridized carbons (Fsp3) is 0.615. The standard InChI is InChI=1S/C13H18N2OS/c16-13(11-1-2-11)14-12-3-5-15(8-12)7-10-4-6-17-9-10/h4,6,9,11-12H,1-3,5,7-8H2,(H,14,16). The zero-order valence-corrected chi connectivity index (χ0v) is 10.7. The average molecular weight is 250 g/mol. The van der Waals surface area contributed by atoms with E-state index in [0.29, 0.717) is 12.0 Å². The number of likely N-dealkylation sites (tertiary alicyclic amines) is 1. The van der Waals surface area contributed by atoms with Gasteiger partial charge in [-0.05, 0) is 41.7 Å². The Bertz CT molecular complexity index is 386. The number of hydrogen-bond acceptors (Lipinski definition) is 3. The predicted molar refractivity (Wildman–Crippen MR) is 68.9 cm³/mol. The summed E-state index contributed by atoms with van der Waals surface area (Å²) in [6.45, 7) is 3.14. The molecule has 1 aliphatic carbocycles. The fourth-order valence-corrected chi connectivity index (χ4v) is 3.06. The fourth-order valence-electron chi connectivity index (χ4n) is 2.40. The average Bonchev–Trinajstić information content (AvgIpc) is 2.89. The summed E-state index contributed by atoms with van der Waals surface area (Å²) < 4.78 is 0. The molecule has 1 saturated carbocycles. The van der Waals surface area contributed by atoms with Crippen molar-refractivity contribution in [3.8, 4) is 0 Å². The lowest BCUT2D eigenvalue weighted by Crippen LogP contribution is -2.37. The highest BCUT2D eigenvalue weighted by Crippen LogP contribution is 2.29. The Balaban J connectivity index is 1.46. The van der Waals surface area contributed by atoms with Crippen molar-refractivity contribution >= 4 is 17.2 Å². The summed E-state index contributed by atoms with van der Waals surface area (Å²) in [5.74, 6) is 0.619. The lowest BCUT2D eigenvalue weighted by molar-refractivity contribution is -0.122. The second kappa shape index (κ2) is 4.78. The molecule has 1 saturated heterocycles. The van der Waals surface area contributed by atoms with Crippen molar-refractivity contribution in [2.75, 3.05) is 13.1 Å². The van der Waals surface area contributed by atoms with Crippen LogP contribution in [0.5, 0.6) is 0 Å². The third-order valence-electron chi connectivity index (χ3n) is 3.55. The molecule has 0 bridgehead atoms. The summed E-state index contributed by atoms with van der Waals surface area (Å²) in [5, 5.41) is 7.50. The van der Waals surface area contributed by atoms with E-state index in [1.54, 1.807) is 11.3 Å². The molecule has 3 nitrogen and oxygen atoms in total. The Morgan fingerprint density at radius 3 is 3.06 bits per heavy atom. The van der Waals surface area contributed by atoms with Gasteiger partial charge in [0.1, 0.15) is 0 Å². The van der Waals surface area contributed by atoms with Crippen LogP contribution in [0.1, 0.15) is 24.8 Å². The first kappa shape index (κ1) is 11.2. The van der Waals surface area contributed by atoms with Crippen LogP contribution >= 0.6 is 11.3 Å². The number of thiophene rings is 1. The van der Waals surface area contributed by atoms with Gasteiger partial charge in [-0.25, -0.2) is 0 Å². The predicted octanol–water partition coefficient (Wildman–Crippen LogP) is 1.85. The quantitative estimate of drug-likeness (QED) is 0.884. The molecule has 1 aromatic rings. The van der Waals surface area contributed by atoms with Crippen LogP contribution in [0.2, 0.25) is 0 Å². The number of nitrogens with one attached hydrogen (secondary N) is 1. The van der Waals surface area contributed by atoms with Crippen LogP contribution in [0.15, 0.2) is 16.8 Å². The molecule has 2 heterocycles. The first-order valence-electron chi connectivity index (χ1n) is 6.35. The smallest absolute Gasteiger partial charge is 0.223 e. The van der Waals surface area contributed by atoms with E-state index in [-0.39, 0.29) is 5.91 Å². The van der Waals surface area contributed by atoms with Gasteiger partial charge < -0.3 is 5.32 Å². The zero-order valence-electron chi connectivity index (χ0n) is 9.89. The van der Waals surface area contributed by atoms with Crippen LogP contribution in [-0.2, 0) is 11.3 Å². The van der Waals surface area contributed by atoms with Gasteiger partial charge in [0.2, 0.25) is 5.91 Å². The molecule has 1 aliphatic heterocycles. The first-order chi connectivity index (χ1) is 8.31. The minimum Gasteiger partial charge on any atom is -0.352 e. The molecule has 0 aromatic carbocycles. The van der Waals surface area contributed by atoms with E-state index in [1.807, 2.05) is 0 Å². The lowest BCUT2D eigenvalue weighted by Gasteiger charge is -2.16. The van der Waals surface area contributed by atoms with Gasteiger partial charge in [0.25, 0.3) is 0 Å². The maximum atomic E-state index is 11.7. The van der Waals surface area contributed by atoms with Gasteiger partial charge in [-0.2, -0.15) is 11.3 Å². The van der Waals surface area contributed by atoms with Crippen molar-refractivity contribution in [2.45, 2.75) is 31.8 Å². The normalized spacial score (nSPS) is 25.1. The van der Waals surface area contributed by atoms with E-state index in [0.717, 1.165) is 38.9 Å². The SMILES string of the molecule is O=C(NC1CCN(Cc2ccsc2)C1)C1CC1. The summed E-state index contributed by atoms with van der Waals surface area (Å²) in [4.78, 5) is 14.1. The number of carbonyl (C=O) groups excluding carboxylic acids is 1. The number of carbonyl (C=O) groups is 1. The highest BCUT2D eigenvalue weighted by atomic mass is 32.1. The third-order valence-corrected chi connectivity index (χ3v) is 4.29. The molecule has 0 radical (unpaired) electrons. The van der Waals surface area contributed by atoms with Gasteiger partial charge in [0, 0.05) is 31.6 Å². The number of hydrogen-bond donors (Lipinski definition) is 1. The maximum Gasteiger partial charge on any atom is 0.223 e. The van der Waals surface area contributed by atoms with Crippen LogP contribution in [0, 0.1) is 5.92 Å². The summed E-state index contributed by atoms with van der Waals surface area (Å²) >= 11 is 1.75. The van der Waals surface area contributed by atoms with Crippen molar-refractivity contribution in [3.05, 3.63) is 22.4 Å². The topological polar surface area (TPSA) is 32.3 Å². The largest absolute Gasteiger partial charge is 0.352 e. The first-order valence-corrected chi connectivity index (χ1v) is 7.29. The van der Waals surface area contributed by atoms with Gasteiger partial charge in [-0.3, -0.25) is 9.69 Å². The Morgan fingerprint density at radius 1 is 1.47 bits per heavy atom. The van der Waals surface area contributed by atoms with Crippen LogP contribution in [0.25, 0.3) is 0 Å². The maximum absolute atomic E-state index is 11.7. The van der Waals surface area contributed by atoms with Crippen LogP contribution in [0.4, 0.5) is 0 Å². The molecule has 3 rings (SSSR count). The summed E-state index contributed by atoms with van der Waals surface area (Å²) in [6, 6.07) is 2.56. The Morgan fingerprint density at radius 2 is 2.35 bits per heavy atom. The zero-order chi connectivity index (χ0) is 11.7. The van der Waals surface area contributed by atoms with Gasteiger partial charge in [-0.15, -0.1) is 0 Å². The van der Waals surface area contributed by atoms with Crippen molar-refractivity contribution in [3.63, 3.8) is 0 Å². The molecule has 92 valence electrons. The minimum atomic E-state index is 0.285. The van der Waals surface area contributed by atoms with E-state index >= 15 is 0 Å². The Labute approximate surface area is 106 Å². The Hall–Kier alpha value is -0.870. The van der Waals surface area contributed by atoms with Crippen LogP contribution in [-0.4, -0.2) is 29.9 Å². The highest BCUT2D eigenvalue weighted by Gasteiger charge is 2.32. The summed E-state index contributed by atoms with van der Waals surface area (Å²) in [5.41, 5.74) is 1.39. The molecule has 2 aliphatic rings. The van der Waals surface area contributed by atoms with Crippen molar-refractivity contribution < 1.29 is 4.79 Å². The van der Waals surface area contributed by atoms with Crippen LogP contribution in [0.3, 0.4) is 0 Å². The lowest BCUT2D eigenvalue weighted by atomic mass is 10.2. The van der Waals surface area contributed by atoms with E-state index in [1.165, 1.54) is 5.56 Å². The summed E-state index contributed by atoms with van der Waals surface area (Å²) in [7, 11) is 0. The van der Waals surface area contributed by atoms with E-state index in [2.05, 4.69) is 27.0 Å². The van der Waals surface area contributed by atoms with Crippen LogP contribution < -0.4 is 5.32 Å². The molecular weight excluding hydrogens is 232 g/mol. The summed E-state index contributed by atoms with van der Waals surface area (Å²) in [6.07, 6.45) is 3.29. The van der Waals surface area contributed by atoms with E-state index < -0.39 is 0 Å². The molecular formula is C13H18N2OS. The van der Waals surface area contributed by atoms with Gasteiger partial charge in [0.05, 0.1) is 0 Å². The second-order valence-corrected chi connectivity index (χ2v) is 5.92. The molecule has 0 spiro atoms. The molecule has 1 N–H and O–H groups in total. The molecule has 4 heteroatoms. The molecule has 1 aromatic heterocycles. The van der Waals surface area contributed by atoms with E-state index in [9.17, 15) is 4.79 Å². The number of nitrogens with zero attached hydrogens (tertiary/aromatic N) is 1. The van der Waals surface area contributed by atoms with Crippen molar-refractivity contribution in [1.29, 1.82) is 0 Å².